The van der Waals surface area contributed by atoms with Crippen molar-refractivity contribution in [2.45, 2.75) is 36.9 Å². The fourth-order valence-corrected chi connectivity index (χ4v) is 6.03. The van der Waals surface area contributed by atoms with E-state index in [4.69, 9.17) is 4.74 Å². The zero-order chi connectivity index (χ0) is 21.9. The lowest BCUT2D eigenvalue weighted by atomic mass is 9.76. The molecular formula is C25H25N3O4. The highest BCUT2D eigenvalue weighted by Crippen LogP contribution is 2.53. The van der Waals surface area contributed by atoms with Crippen molar-refractivity contribution in [3.8, 4) is 0 Å². The Balaban J connectivity index is 1.43. The van der Waals surface area contributed by atoms with Crippen molar-refractivity contribution >= 4 is 23.4 Å². The fourth-order valence-electron chi connectivity index (χ4n) is 6.03. The molecule has 5 atom stereocenters. The van der Waals surface area contributed by atoms with Crippen molar-refractivity contribution in [1.82, 2.24) is 10.2 Å². The minimum Gasteiger partial charge on any atom is -0.376 e. The number of amides is 3. The van der Waals surface area contributed by atoms with Crippen LogP contribution < -0.4 is 10.6 Å². The van der Waals surface area contributed by atoms with Crippen LogP contribution in [-0.2, 0) is 31.1 Å². The van der Waals surface area contributed by atoms with E-state index >= 15 is 0 Å². The first-order chi connectivity index (χ1) is 15.6. The Morgan fingerprint density at radius 1 is 1.00 bits per heavy atom. The van der Waals surface area contributed by atoms with E-state index in [0.717, 1.165) is 24.0 Å². The molecule has 4 aliphatic heterocycles. The van der Waals surface area contributed by atoms with Crippen molar-refractivity contribution in [2.75, 3.05) is 18.5 Å². The smallest absolute Gasteiger partial charge is 0.250 e. The summed E-state index contributed by atoms with van der Waals surface area (Å²) < 4.78 is 5.71. The molecule has 2 aromatic carbocycles. The van der Waals surface area contributed by atoms with E-state index in [2.05, 4.69) is 10.6 Å². The average molecular weight is 431 g/mol. The van der Waals surface area contributed by atoms with Gasteiger partial charge in [0.25, 0.3) is 0 Å². The third-order valence-corrected chi connectivity index (χ3v) is 7.42. The van der Waals surface area contributed by atoms with Crippen LogP contribution in [0, 0.1) is 11.8 Å². The zero-order valence-corrected chi connectivity index (χ0v) is 17.6. The van der Waals surface area contributed by atoms with Crippen LogP contribution in [-0.4, -0.2) is 47.9 Å². The molecule has 7 heteroatoms. The Morgan fingerprint density at radius 3 is 2.56 bits per heavy atom. The largest absolute Gasteiger partial charge is 0.376 e. The molecule has 3 amide bonds. The van der Waals surface area contributed by atoms with E-state index in [9.17, 15) is 14.4 Å². The molecule has 0 saturated carbocycles. The van der Waals surface area contributed by atoms with Crippen LogP contribution >= 0.6 is 0 Å². The van der Waals surface area contributed by atoms with Crippen molar-refractivity contribution in [2.24, 2.45) is 11.8 Å². The highest BCUT2D eigenvalue weighted by atomic mass is 16.5. The maximum Gasteiger partial charge on any atom is 0.250 e. The first kappa shape index (κ1) is 19.6. The number of likely N-dealkylation sites (tertiary alicyclic amines) is 1. The van der Waals surface area contributed by atoms with E-state index in [1.165, 1.54) is 4.90 Å². The summed E-state index contributed by atoms with van der Waals surface area (Å²) in [6.07, 6.45) is 2.22. The molecule has 3 fully saturated rings. The molecule has 164 valence electrons. The molecule has 0 bridgehead atoms. The number of ether oxygens (including phenoxy) is 1. The number of carbonyl (C=O) groups is 3. The number of fused-ring (bicyclic) bond motifs is 4. The van der Waals surface area contributed by atoms with Gasteiger partial charge in [-0.3, -0.25) is 24.6 Å². The topological polar surface area (TPSA) is 87.7 Å². The van der Waals surface area contributed by atoms with Crippen LogP contribution in [0.15, 0.2) is 54.6 Å². The predicted octanol–water partition coefficient (Wildman–Crippen LogP) is 1.83. The van der Waals surface area contributed by atoms with Crippen molar-refractivity contribution in [3.63, 3.8) is 0 Å². The Morgan fingerprint density at radius 2 is 1.78 bits per heavy atom. The molecule has 7 nitrogen and oxygen atoms in total. The summed E-state index contributed by atoms with van der Waals surface area (Å²) in [6.45, 7) is 0.924. The molecule has 0 aliphatic carbocycles. The second kappa shape index (κ2) is 7.25. The van der Waals surface area contributed by atoms with E-state index in [1.54, 1.807) is 0 Å². The minimum absolute atomic E-state index is 0.122. The minimum atomic E-state index is -1.24. The van der Waals surface area contributed by atoms with Gasteiger partial charge in [0.15, 0.2) is 0 Å². The van der Waals surface area contributed by atoms with Gasteiger partial charge in [0.05, 0.1) is 24.5 Å². The number of imide groups is 1. The van der Waals surface area contributed by atoms with E-state index in [-0.39, 0.29) is 36.4 Å². The van der Waals surface area contributed by atoms with E-state index in [1.807, 2.05) is 54.6 Å². The molecule has 0 aromatic heterocycles. The molecule has 32 heavy (non-hydrogen) atoms. The zero-order valence-electron chi connectivity index (χ0n) is 17.6. The summed E-state index contributed by atoms with van der Waals surface area (Å²) in [5, 5.41) is 6.43. The van der Waals surface area contributed by atoms with Crippen LogP contribution in [0.3, 0.4) is 0 Å². The summed E-state index contributed by atoms with van der Waals surface area (Å²) >= 11 is 0. The van der Waals surface area contributed by atoms with Gasteiger partial charge in [0, 0.05) is 23.9 Å². The van der Waals surface area contributed by atoms with E-state index < -0.39 is 17.4 Å². The number of nitrogens with one attached hydrogen (secondary N) is 2. The molecule has 1 spiro atoms. The number of hydrogen-bond donors (Lipinski definition) is 2. The quantitative estimate of drug-likeness (QED) is 0.722. The van der Waals surface area contributed by atoms with Crippen LogP contribution in [0.2, 0.25) is 0 Å². The molecule has 4 aliphatic rings. The molecule has 2 N–H and O–H groups in total. The molecule has 3 saturated heterocycles. The van der Waals surface area contributed by atoms with Crippen molar-refractivity contribution in [1.29, 1.82) is 0 Å². The van der Waals surface area contributed by atoms with Gasteiger partial charge in [0.2, 0.25) is 17.7 Å². The van der Waals surface area contributed by atoms with Gasteiger partial charge >= 0.3 is 0 Å². The van der Waals surface area contributed by atoms with Gasteiger partial charge in [-0.25, -0.2) is 0 Å². The van der Waals surface area contributed by atoms with Crippen LogP contribution in [0.1, 0.15) is 24.0 Å². The number of carbonyl (C=O) groups excluding carboxylic acids is 3. The Kier molecular flexibility index (Phi) is 4.45. The first-order valence-electron chi connectivity index (χ1n) is 11.3. The summed E-state index contributed by atoms with van der Waals surface area (Å²) in [6, 6.07) is 17.0. The number of benzene rings is 2. The van der Waals surface area contributed by atoms with Crippen LogP contribution in [0.25, 0.3) is 0 Å². The number of nitrogens with zero attached hydrogens (tertiary/aromatic N) is 1. The normalized spacial score (nSPS) is 33.1. The highest BCUT2D eigenvalue weighted by molar-refractivity contribution is 6.15. The lowest BCUT2D eigenvalue weighted by Crippen LogP contribution is -2.54. The summed E-state index contributed by atoms with van der Waals surface area (Å²) in [4.78, 5) is 42.1. The maximum absolute atomic E-state index is 13.7. The predicted molar refractivity (Wildman–Crippen MR) is 116 cm³/mol. The average Bonchev–Trinajstić information content (AvgIpc) is 3.54. The Hall–Kier alpha value is -3.03. The highest BCUT2D eigenvalue weighted by Gasteiger charge is 2.70. The lowest BCUT2D eigenvalue weighted by molar-refractivity contribution is -0.144. The van der Waals surface area contributed by atoms with Gasteiger partial charge in [-0.2, -0.15) is 0 Å². The first-order valence-corrected chi connectivity index (χ1v) is 11.3. The molecule has 6 rings (SSSR count). The van der Waals surface area contributed by atoms with Gasteiger partial charge in [-0.15, -0.1) is 0 Å². The standard InChI is InChI=1S/C25H25N3O4/c29-22-20-19(13-15-7-2-1-3-8-15)27-25(17-10-4-5-11-18(17)26-24(25)31)21(20)23(30)28(22)14-16-9-6-12-32-16/h1-5,7-8,10-11,16,19-21,27H,6,9,12-14H2,(H,26,31)/t16-,19-,20-,21-,25-/m0/s1. The van der Waals surface area contributed by atoms with E-state index in [0.29, 0.717) is 18.7 Å². The van der Waals surface area contributed by atoms with Crippen LogP contribution in [0.4, 0.5) is 5.69 Å². The molecule has 2 aromatic rings. The SMILES string of the molecule is O=C1[C@H]2[C@H](Cc3ccccc3)N[C@]3(C(=O)Nc4ccccc43)[C@@H]2C(=O)N1C[C@@H]1CCCO1. The van der Waals surface area contributed by atoms with Crippen molar-refractivity contribution in [3.05, 3.63) is 65.7 Å². The molecular weight excluding hydrogens is 406 g/mol. The van der Waals surface area contributed by atoms with Gasteiger partial charge < -0.3 is 10.1 Å². The van der Waals surface area contributed by atoms with Gasteiger partial charge in [-0.1, -0.05) is 48.5 Å². The number of anilines is 1. The number of hydrogen-bond acceptors (Lipinski definition) is 5. The van der Waals surface area contributed by atoms with Crippen LogP contribution in [0.5, 0.6) is 0 Å². The number of rotatable bonds is 4. The fraction of sp³-hybridized carbons (Fsp3) is 0.400. The summed E-state index contributed by atoms with van der Waals surface area (Å²) in [5.74, 6) is -2.09. The van der Waals surface area contributed by atoms with Gasteiger partial charge in [-0.05, 0) is 30.9 Å². The lowest BCUT2D eigenvalue weighted by Gasteiger charge is -2.30. The summed E-state index contributed by atoms with van der Waals surface area (Å²) in [5.41, 5.74) is 1.27. The molecule has 0 unspecified atom stereocenters. The number of para-hydroxylation sites is 1. The van der Waals surface area contributed by atoms with Gasteiger partial charge in [0.1, 0.15) is 5.54 Å². The molecule has 0 radical (unpaired) electrons. The third-order valence-electron chi connectivity index (χ3n) is 7.42. The molecule has 4 heterocycles. The van der Waals surface area contributed by atoms with Crippen molar-refractivity contribution < 1.29 is 19.1 Å². The monoisotopic (exact) mass is 431 g/mol. The summed E-state index contributed by atoms with van der Waals surface area (Å²) in [7, 11) is 0. The second-order valence-electron chi connectivity index (χ2n) is 9.17. The second-order valence-corrected chi connectivity index (χ2v) is 9.17. The maximum atomic E-state index is 13.7. The Labute approximate surface area is 186 Å². The Bertz CT molecular complexity index is 1100. The third kappa shape index (κ3) is 2.71.